The number of carbonyl (C=O) groups excluding carboxylic acids is 1. The van der Waals surface area contributed by atoms with Gasteiger partial charge in [-0.3, -0.25) is 5.10 Å². The van der Waals surface area contributed by atoms with Crippen molar-refractivity contribution in [3.05, 3.63) is 46.7 Å². The number of amides is 2. The van der Waals surface area contributed by atoms with Crippen LogP contribution in [0.25, 0.3) is 0 Å². The van der Waals surface area contributed by atoms with E-state index in [0.29, 0.717) is 11.6 Å². The molecule has 1 aliphatic heterocycles. The quantitative estimate of drug-likeness (QED) is 0.878. The van der Waals surface area contributed by atoms with Gasteiger partial charge in [-0.05, 0) is 43.5 Å². The number of rotatable bonds is 4. The van der Waals surface area contributed by atoms with E-state index in [2.05, 4.69) is 15.5 Å². The third-order valence-corrected chi connectivity index (χ3v) is 4.49. The number of aromatic amines is 1. The lowest BCUT2D eigenvalue weighted by atomic mass is 10.00. The van der Waals surface area contributed by atoms with Crippen LogP contribution in [-0.2, 0) is 11.3 Å². The number of piperidine rings is 1. The summed E-state index contributed by atoms with van der Waals surface area (Å²) in [6.45, 7) is 1.11. The van der Waals surface area contributed by atoms with Crippen molar-refractivity contribution in [3.8, 4) is 0 Å². The second-order valence-electron chi connectivity index (χ2n) is 5.88. The van der Waals surface area contributed by atoms with Gasteiger partial charge in [-0.15, -0.1) is 0 Å². The lowest BCUT2D eigenvalue weighted by Crippen LogP contribution is -2.41. The summed E-state index contributed by atoms with van der Waals surface area (Å²) in [7, 11) is 1.62. The Labute approximate surface area is 146 Å². The second-order valence-corrected chi connectivity index (χ2v) is 6.32. The van der Waals surface area contributed by atoms with Gasteiger partial charge in [0.2, 0.25) is 0 Å². The number of carbonyl (C=O) groups is 1. The average Bonchev–Trinajstić information content (AvgIpc) is 3.12. The van der Waals surface area contributed by atoms with Crippen LogP contribution >= 0.6 is 11.6 Å². The topological polar surface area (TPSA) is 70.2 Å². The molecule has 2 amide bonds. The van der Waals surface area contributed by atoms with Crippen molar-refractivity contribution in [2.24, 2.45) is 0 Å². The van der Waals surface area contributed by atoms with E-state index in [9.17, 15) is 4.79 Å². The maximum Gasteiger partial charge on any atom is 0.322 e. The molecule has 6 nitrogen and oxygen atoms in total. The van der Waals surface area contributed by atoms with E-state index in [0.717, 1.165) is 42.8 Å². The normalized spacial score (nSPS) is 17.8. The van der Waals surface area contributed by atoms with E-state index in [4.69, 9.17) is 16.3 Å². The summed E-state index contributed by atoms with van der Waals surface area (Å²) in [6, 6.07) is 7.22. The number of halogens is 1. The fraction of sp³-hybridized carbons (Fsp3) is 0.412. The molecule has 3 rings (SSSR count). The SMILES string of the molecule is COCc1cc(Cl)ccc1NC(=O)N1CCCCC1c1ccn[nH]1. The number of nitrogens with one attached hydrogen (secondary N) is 2. The molecule has 0 bridgehead atoms. The van der Waals surface area contributed by atoms with Gasteiger partial charge in [0.25, 0.3) is 0 Å². The predicted molar refractivity (Wildman–Crippen MR) is 93.1 cm³/mol. The highest BCUT2D eigenvalue weighted by Gasteiger charge is 2.29. The van der Waals surface area contributed by atoms with Gasteiger partial charge in [0.05, 0.1) is 18.3 Å². The Morgan fingerprint density at radius 2 is 2.33 bits per heavy atom. The van der Waals surface area contributed by atoms with Gasteiger partial charge in [-0.25, -0.2) is 4.79 Å². The molecule has 1 fully saturated rings. The molecular formula is C17H21ClN4O2. The third kappa shape index (κ3) is 3.71. The first-order valence-corrected chi connectivity index (χ1v) is 8.41. The van der Waals surface area contributed by atoms with Gasteiger partial charge in [0.15, 0.2) is 0 Å². The number of nitrogens with zero attached hydrogens (tertiary/aromatic N) is 2. The molecule has 2 aromatic rings. The zero-order chi connectivity index (χ0) is 16.9. The molecule has 1 atom stereocenters. The Morgan fingerprint density at radius 1 is 1.46 bits per heavy atom. The van der Waals surface area contributed by atoms with Gasteiger partial charge in [0.1, 0.15) is 0 Å². The Bertz CT molecular complexity index is 690. The van der Waals surface area contributed by atoms with E-state index in [1.165, 1.54) is 0 Å². The molecule has 2 N–H and O–H groups in total. The highest BCUT2D eigenvalue weighted by Crippen LogP contribution is 2.30. The number of hydrogen-bond donors (Lipinski definition) is 2. The van der Waals surface area contributed by atoms with Gasteiger partial charge in [-0.2, -0.15) is 5.10 Å². The molecule has 0 aliphatic carbocycles. The summed E-state index contributed by atoms with van der Waals surface area (Å²) in [5.41, 5.74) is 2.55. The van der Waals surface area contributed by atoms with Crippen molar-refractivity contribution in [3.63, 3.8) is 0 Å². The van der Waals surface area contributed by atoms with Crippen LogP contribution < -0.4 is 5.32 Å². The van der Waals surface area contributed by atoms with Crippen molar-refractivity contribution in [2.75, 3.05) is 19.0 Å². The minimum atomic E-state index is -0.117. The molecule has 24 heavy (non-hydrogen) atoms. The van der Waals surface area contributed by atoms with Crippen LogP contribution in [0.2, 0.25) is 5.02 Å². The van der Waals surface area contributed by atoms with Crippen LogP contribution in [0.4, 0.5) is 10.5 Å². The summed E-state index contributed by atoms with van der Waals surface area (Å²) < 4.78 is 5.19. The van der Waals surface area contributed by atoms with Crippen LogP contribution in [0.1, 0.15) is 36.6 Å². The lowest BCUT2D eigenvalue weighted by Gasteiger charge is -2.35. The van der Waals surface area contributed by atoms with Gasteiger partial charge in [-0.1, -0.05) is 11.6 Å². The second kappa shape index (κ2) is 7.68. The summed E-state index contributed by atoms with van der Waals surface area (Å²) in [5, 5.41) is 10.6. The molecule has 0 saturated carbocycles. The van der Waals surface area contributed by atoms with E-state index in [1.54, 1.807) is 19.4 Å². The molecule has 1 aromatic heterocycles. The molecule has 1 unspecified atom stereocenters. The highest BCUT2D eigenvalue weighted by atomic mass is 35.5. The first-order chi connectivity index (χ1) is 11.7. The van der Waals surface area contributed by atoms with Crippen LogP contribution in [-0.4, -0.2) is 34.8 Å². The van der Waals surface area contributed by atoms with Crippen LogP contribution in [0, 0.1) is 0 Å². The van der Waals surface area contributed by atoms with Crippen molar-refractivity contribution in [1.82, 2.24) is 15.1 Å². The van der Waals surface area contributed by atoms with E-state index >= 15 is 0 Å². The summed E-state index contributed by atoms with van der Waals surface area (Å²) in [5.74, 6) is 0. The van der Waals surface area contributed by atoms with E-state index in [-0.39, 0.29) is 12.1 Å². The van der Waals surface area contributed by atoms with Gasteiger partial charge < -0.3 is 15.0 Å². The number of methoxy groups -OCH3 is 1. The monoisotopic (exact) mass is 348 g/mol. The first-order valence-electron chi connectivity index (χ1n) is 8.03. The largest absolute Gasteiger partial charge is 0.380 e. The van der Waals surface area contributed by atoms with Crippen molar-refractivity contribution in [2.45, 2.75) is 31.9 Å². The smallest absolute Gasteiger partial charge is 0.322 e. The molecule has 1 saturated heterocycles. The fourth-order valence-electron chi connectivity index (χ4n) is 3.10. The van der Waals surface area contributed by atoms with Crippen molar-refractivity contribution < 1.29 is 9.53 Å². The standard InChI is InChI=1S/C17H21ClN4O2/c1-24-11-12-10-13(18)5-6-14(12)20-17(23)22-9-3-2-4-16(22)15-7-8-19-21-15/h5-8,10,16H,2-4,9,11H2,1H3,(H,19,21)(H,20,23). The number of H-pyrrole nitrogens is 1. The number of ether oxygens (including phenoxy) is 1. The minimum Gasteiger partial charge on any atom is -0.380 e. The molecule has 0 spiro atoms. The Hall–Kier alpha value is -2.05. The maximum absolute atomic E-state index is 12.8. The zero-order valence-corrected chi connectivity index (χ0v) is 14.3. The Balaban J connectivity index is 1.78. The average molecular weight is 349 g/mol. The number of likely N-dealkylation sites (tertiary alicyclic amines) is 1. The summed E-state index contributed by atoms with van der Waals surface area (Å²) in [4.78, 5) is 14.7. The molecule has 2 heterocycles. The minimum absolute atomic E-state index is 0.0272. The molecule has 1 aliphatic rings. The number of urea groups is 1. The predicted octanol–water partition coefficient (Wildman–Crippen LogP) is 3.97. The van der Waals surface area contributed by atoms with E-state index in [1.807, 2.05) is 23.1 Å². The molecule has 0 radical (unpaired) electrons. The Morgan fingerprint density at radius 3 is 3.08 bits per heavy atom. The molecular weight excluding hydrogens is 328 g/mol. The first kappa shape index (κ1) is 16.8. The van der Waals surface area contributed by atoms with Crippen LogP contribution in [0.15, 0.2) is 30.5 Å². The zero-order valence-electron chi connectivity index (χ0n) is 13.6. The maximum atomic E-state index is 12.8. The van der Waals surface area contributed by atoms with Gasteiger partial charge >= 0.3 is 6.03 Å². The van der Waals surface area contributed by atoms with Crippen molar-refractivity contribution in [1.29, 1.82) is 0 Å². The number of aromatic nitrogens is 2. The lowest BCUT2D eigenvalue weighted by molar-refractivity contribution is 0.161. The van der Waals surface area contributed by atoms with Crippen LogP contribution in [0.5, 0.6) is 0 Å². The van der Waals surface area contributed by atoms with Crippen molar-refractivity contribution >= 4 is 23.3 Å². The van der Waals surface area contributed by atoms with E-state index < -0.39 is 0 Å². The van der Waals surface area contributed by atoms with Gasteiger partial charge in [0, 0.05) is 36.1 Å². The Kier molecular flexibility index (Phi) is 5.37. The van der Waals surface area contributed by atoms with Crippen LogP contribution in [0.3, 0.4) is 0 Å². The number of anilines is 1. The summed E-state index contributed by atoms with van der Waals surface area (Å²) in [6.07, 6.45) is 4.75. The molecule has 128 valence electrons. The number of hydrogen-bond acceptors (Lipinski definition) is 3. The fourth-order valence-corrected chi connectivity index (χ4v) is 3.29. The highest BCUT2D eigenvalue weighted by molar-refractivity contribution is 6.30. The molecule has 1 aromatic carbocycles. The number of benzene rings is 1. The third-order valence-electron chi connectivity index (χ3n) is 4.25. The molecule has 7 heteroatoms. The summed E-state index contributed by atoms with van der Waals surface area (Å²) >= 11 is 6.04.